The SMILES string of the molecule is Cc1cc(-c2cc(N)nn2C)cc2c1C(=O)NC2. The number of aromatic nitrogens is 2. The van der Waals surface area contributed by atoms with Crippen LogP contribution < -0.4 is 11.1 Å². The number of carbonyl (C=O) groups excluding carboxylic acids is 1. The molecule has 5 heteroatoms. The number of aryl methyl sites for hydroxylation is 2. The van der Waals surface area contributed by atoms with Crippen LogP contribution in [0.25, 0.3) is 11.3 Å². The molecule has 0 fully saturated rings. The van der Waals surface area contributed by atoms with Gasteiger partial charge < -0.3 is 11.1 Å². The van der Waals surface area contributed by atoms with E-state index in [1.54, 1.807) is 4.68 Å². The second-order valence-electron chi connectivity index (χ2n) is 4.59. The zero-order chi connectivity index (χ0) is 12.9. The molecule has 18 heavy (non-hydrogen) atoms. The Bertz CT molecular complexity index is 657. The molecule has 0 spiro atoms. The number of rotatable bonds is 1. The van der Waals surface area contributed by atoms with Gasteiger partial charge in [-0.15, -0.1) is 0 Å². The number of hydrogen-bond donors (Lipinski definition) is 2. The van der Waals surface area contributed by atoms with Gasteiger partial charge in [-0.25, -0.2) is 0 Å². The number of carbonyl (C=O) groups is 1. The molecule has 1 aromatic heterocycles. The summed E-state index contributed by atoms with van der Waals surface area (Å²) in [5, 5.41) is 6.98. The molecule has 1 amide bonds. The number of anilines is 1. The first kappa shape index (κ1) is 10.8. The van der Waals surface area contributed by atoms with Crippen LogP contribution in [0.1, 0.15) is 21.5 Å². The van der Waals surface area contributed by atoms with E-state index >= 15 is 0 Å². The molecular formula is C13H14N4O. The number of benzene rings is 1. The summed E-state index contributed by atoms with van der Waals surface area (Å²) >= 11 is 0. The van der Waals surface area contributed by atoms with E-state index in [0.29, 0.717) is 12.4 Å². The number of nitrogens with zero attached hydrogens (tertiary/aromatic N) is 2. The molecule has 1 aliphatic heterocycles. The fraction of sp³-hybridized carbons (Fsp3) is 0.231. The highest BCUT2D eigenvalue weighted by atomic mass is 16.1. The van der Waals surface area contributed by atoms with Crippen LogP contribution in [-0.4, -0.2) is 15.7 Å². The van der Waals surface area contributed by atoms with Crippen LogP contribution in [-0.2, 0) is 13.6 Å². The minimum atomic E-state index is 0.0126. The summed E-state index contributed by atoms with van der Waals surface area (Å²) in [7, 11) is 1.86. The average molecular weight is 242 g/mol. The molecular weight excluding hydrogens is 228 g/mol. The summed E-state index contributed by atoms with van der Waals surface area (Å²) < 4.78 is 1.75. The van der Waals surface area contributed by atoms with Gasteiger partial charge in [-0.3, -0.25) is 9.48 Å². The van der Waals surface area contributed by atoms with Crippen LogP contribution in [0.5, 0.6) is 0 Å². The minimum absolute atomic E-state index is 0.0126. The van der Waals surface area contributed by atoms with Crippen LogP contribution in [0.2, 0.25) is 0 Å². The molecule has 0 bridgehead atoms. The lowest BCUT2D eigenvalue weighted by Gasteiger charge is -2.07. The highest BCUT2D eigenvalue weighted by Gasteiger charge is 2.22. The molecule has 3 rings (SSSR count). The van der Waals surface area contributed by atoms with Crippen molar-refractivity contribution < 1.29 is 4.79 Å². The Hall–Kier alpha value is -2.30. The lowest BCUT2D eigenvalue weighted by atomic mass is 9.99. The van der Waals surface area contributed by atoms with Crippen LogP contribution in [0.15, 0.2) is 18.2 Å². The first-order valence-electron chi connectivity index (χ1n) is 5.78. The average Bonchev–Trinajstić information content (AvgIpc) is 2.82. The summed E-state index contributed by atoms with van der Waals surface area (Å²) in [5.74, 6) is 0.512. The summed E-state index contributed by atoms with van der Waals surface area (Å²) in [6.45, 7) is 2.54. The van der Waals surface area contributed by atoms with Gasteiger partial charge >= 0.3 is 0 Å². The van der Waals surface area contributed by atoms with Gasteiger partial charge in [0, 0.05) is 30.8 Å². The molecule has 92 valence electrons. The minimum Gasteiger partial charge on any atom is -0.382 e. The first-order chi connectivity index (χ1) is 8.56. The van der Waals surface area contributed by atoms with E-state index in [-0.39, 0.29) is 5.91 Å². The monoisotopic (exact) mass is 242 g/mol. The van der Waals surface area contributed by atoms with Crippen LogP contribution in [0.3, 0.4) is 0 Å². The van der Waals surface area contributed by atoms with E-state index in [0.717, 1.165) is 27.9 Å². The van der Waals surface area contributed by atoms with Gasteiger partial charge in [-0.05, 0) is 30.2 Å². The molecule has 0 atom stereocenters. The molecule has 2 heterocycles. The number of hydrogen-bond acceptors (Lipinski definition) is 3. The van der Waals surface area contributed by atoms with Crippen LogP contribution in [0.4, 0.5) is 5.82 Å². The molecule has 0 aliphatic carbocycles. The highest BCUT2D eigenvalue weighted by Crippen LogP contribution is 2.28. The Morgan fingerprint density at radius 3 is 2.83 bits per heavy atom. The fourth-order valence-corrected chi connectivity index (χ4v) is 2.50. The number of nitrogens with two attached hydrogens (primary N) is 1. The van der Waals surface area contributed by atoms with E-state index < -0.39 is 0 Å². The third-order valence-electron chi connectivity index (χ3n) is 3.28. The second kappa shape index (κ2) is 3.60. The van der Waals surface area contributed by atoms with Crippen molar-refractivity contribution in [3.8, 4) is 11.3 Å². The van der Waals surface area contributed by atoms with Gasteiger partial charge in [0.05, 0.1) is 5.69 Å². The van der Waals surface area contributed by atoms with E-state index in [2.05, 4.69) is 10.4 Å². The molecule has 0 radical (unpaired) electrons. The van der Waals surface area contributed by atoms with Gasteiger partial charge in [0.1, 0.15) is 5.82 Å². The molecule has 0 saturated carbocycles. The lowest BCUT2D eigenvalue weighted by molar-refractivity contribution is 0.0965. The Balaban J connectivity index is 2.18. The summed E-state index contributed by atoms with van der Waals surface area (Å²) in [6, 6.07) is 5.86. The number of nitrogens with one attached hydrogen (secondary N) is 1. The van der Waals surface area contributed by atoms with E-state index in [9.17, 15) is 4.79 Å². The smallest absolute Gasteiger partial charge is 0.252 e. The summed E-state index contributed by atoms with van der Waals surface area (Å²) in [6.07, 6.45) is 0. The van der Waals surface area contributed by atoms with Crippen molar-refractivity contribution in [2.75, 3.05) is 5.73 Å². The third-order valence-corrected chi connectivity index (χ3v) is 3.28. The largest absolute Gasteiger partial charge is 0.382 e. The first-order valence-corrected chi connectivity index (χ1v) is 5.78. The summed E-state index contributed by atoms with van der Waals surface area (Å²) in [4.78, 5) is 11.7. The molecule has 5 nitrogen and oxygen atoms in total. The maximum absolute atomic E-state index is 11.7. The van der Waals surface area contributed by atoms with Crippen molar-refractivity contribution in [3.63, 3.8) is 0 Å². The summed E-state index contributed by atoms with van der Waals surface area (Å²) in [5.41, 5.74) is 10.5. The topological polar surface area (TPSA) is 72.9 Å². The van der Waals surface area contributed by atoms with Crippen molar-refractivity contribution in [1.82, 2.24) is 15.1 Å². The maximum atomic E-state index is 11.7. The lowest BCUT2D eigenvalue weighted by Crippen LogP contribution is -2.13. The van der Waals surface area contributed by atoms with Crippen molar-refractivity contribution in [3.05, 3.63) is 34.9 Å². The van der Waals surface area contributed by atoms with Crippen molar-refractivity contribution in [2.45, 2.75) is 13.5 Å². The number of fused-ring (bicyclic) bond motifs is 1. The van der Waals surface area contributed by atoms with Crippen LogP contribution in [0, 0.1) is 6.92 Å². The van der Waals surface area contributed by atoms with Crippen LogP contribution >= 0.6 is 0 Å². The van der Waals surface area contributed by atoms with Crippen molar-refractivity contribution >= 4 is 11.7 Å². The molecule has 3 N–H and O–H groups in total. The Morgan fingerprint density at radius 2 is 2.17 bits per heavy atom. The van der Waals surface area contributed by atoms with Gasteiger partial charge in [0.2, 0.25) is 0 Å². The number of nitrogen functional groups attached to an aromatic ring is 1. The predicted molar refractivity (Wildman–Crippen MR) is 69.0 cm³/mol. The van der Waals surface area contributed by atoms with Gasteiger partial charge in [0.15, 0.2) is 0 Å². The number of amides is 1. The predicted octanol–water partition coefficient (Wildman–Crippen LogP) is 1.22. The highest BCUT2D eigenvalue weighted by molar-refractivity contribution is 6.00. The molecule has 1 aliphatic rings. The van der Waals surface area contributed by atoms with E-state index in [1.165, 1.54) is 0 Å². The normalized spacial score (nSPS) is 13.6. The van der Waals surface area contributed by atoms with Gasteiger partial charge in [-0.1, -0.05) is 0 Å². The van der Waals surface area contributed by atoms with E-state index in [1.807, 2.05) is 32.2 Å². The molecule has 0 saturated heterocycles. The quantitative estimate of drug-likeness (QED) is 0.789. The zero-order valence-electron chi connectivity index (χ0n) is 10.3. The second-order valence-corrected chi connectivity index (χ2v) is 4.59. The standard InChI is InChI=1S/C13H14N4O/c1-7-3-8(10-5-11(14)16-17(10)2)4-9-6-15-13(18)12(7)9/h3-5H,6H2,1-2H3,(H2,14,16)(H,15,18). The zero-order valence-corrected chi connectivity index (χ0v) is 10.3. The van der Waals surface area contributed by atoms with Gasteiger partial charge in [0.25, 0.3) is 5.91 Å². The molecule has 0 unspecified atom stereocenters. The van der Waals surface area contributed by atoms with Gasteiger partial charge in [-0.2, -0.15) is 5.10 Å². The Labute approximate surface area is 105 Å². The maximum Gasteiger partial charge on any atom is 0.252 e. The Morgan fingerprint density at radius 1 is 1.39 bits per heavy atom. The Kier molecular flexibility index (Phi) is 2.16. The third kappa shape index (κ3) is 1.48. The molecule has 1 aromatic carbocycles. The van der Waals surface area contributed by atoms with E-state index in [4.69, 9.17) is 5.73 Å². The fourth-order valence-electron chi connectivity index (χ4n) is 2.50. The molecule has 2 aromatic rings. The van der Waals surface area contributed by atoms with Crippen molar-refractivity contribution in [2.24, 2.45) is 7.05 Å². The van der Waals surface area contributed by atoms with Crippen molar-refractivity contribution in [1.29, 1.82) is 0 Å².